The monoisotopic (exact) mass is 295 g/mol. The van der Waals surface area contributed by atoms with Gasteiger partial charge >= 0.3 is 5.97 Å². The highest BCUT2D eigenvalue weighted by molar-refractivity contribution is 5.84. The summed E-state index contributed by atoms with van der Waals surface area (Å²) in [7, 11) is 1.30. The van der Waals surface area contributed by atoms with Crippen molar-refractivity contribution >= 4 is 5.97 Å². The van der Waals surface area contributed by atoms with Gasteiger partial charge in [-0.2, -0.15) is 0 Å². The topological polar surface area (TPSA) is 75.5 Å². The second-order valence-electron chi connectivity index (χ2n) is 6.59. The van der Waals surface area contributed by atoms with Gasteiger partial charge in [-0.3, -0.25) is 0 Å². The van der Waals surface area contributed by atoms with E-state index in [9.17, 15) is 4.79 Å². The normalized spacial score (nSPS) is 43.1. The summed E-state index contributed by atoms with van der Waals surface area (Å²) in [6.07, 6.45) is 2.21. The summed E-state index contributed by atoms with van der Waals surface area (Å²) in [5.41, 5.74) is -0.152. The molecule has 0 spiro atoms. The first-order valence-corrected chi connectivity index (χ1v) is 7.06. The van der Waals surface area contributed by atoms with Crippen molar-refractivity contribution in [3.63, 3.8) is 0 Å². The fourth-order valence-corrected chi connectivity index (χ4v) is 3.79. The number of esters is 1. The molecule has 3 aliphatic rings. The molecule has 1 aromatic rings. The van der Waals surface area contributed by atoms with Crippen molar-refractivity contribution in [3.05, 3.63) is 12.2 Å². The Bertz CT molecular complexity index is 633. The standard InChI is InChI=1S/C14H19N3O4/c1-13(2)20-9-8(7-5-14(7,3)10(9)21-13)17-6-15-11(16-17)12(18)19-4/h6-10H,5H2,1-4H3/t7-,8-,9-,10?,14-/m1/s1/i3T. The van der Waals surface area contributed by atoms with Crippen LogP contribution in [0.1, 0.15) is 45.2 Å². The minimum absolute atomic E-state index is 0.0428. The molecule has 1 saturated heterocycles. The summed E-state index contributed by atoms with van der Waals surface area (Å²) in [6, 6.07) is -0.0527. The Morgan fingerprint density at radius 2 is 2.38 bits per heavy atom. The van der Waals surface area contributed by atoms with Crippen LogP contribution in [0.5, 0.6) is 0 Å². The van der Waals surface area contributed by atoms with Gasteiger partial charge in [-0.05, 0) is 26.2 Å². The van der Waals surface area contributed by atoms with Crippen molar-refractivity contribution in [1.29, 1.82) is 0 Å². The van der Waals surface area contributed by atoms with E-state index in [0.717, 1.165) is 6.42 Å². The Balaban J connectivity index is 1.67. The van der Waals surface area contributed by atoms with Crippen LogP contribution >= 0.6 is 0 Å². The molecular formula is C14H19N3O4. The van der Waals surface area contributed by atoms with E-state index < -0.39 is 11.8 Å². The lowest BCUT2D eigenvalue weighted by atomic mass is 10.0. The number of rotatable bonds is 2. The van der Waals surface area contributed by atoms with E-state index in [1.165, 1.54) is 7.11 Å². The highest BCUT2D eigenvalue weighted by Gasteiger charge is 2.74. The average Bonchev–Trinajstić information content (AvgIpc) is 2.78. The van der Waals surface area contributed by atoms with Crippen molar-refractivity contribution in [2.24, 2.45) is 11.3 Å². The lowest BCUT2D eigenvalue weighted by Gasteiger charge is -2.22. The smallest absolute Gasteiger partial charge is 0.377 e. The number of aromatic nitrogens is 3. The van der Waals surface area contributed by atoms with E-state index >= 15 is 0 Å². The number of hydrogen-bond acceptors (Lipinski definition) is 6. The fourth-order valence-electron chi connectivity index (χ4n) is 3.79. The first-order valence-electron chi connectivity index (χ1n) is 7.77. The summed E-state index contributed by atoms with van der Waals surface area (Å²) in [5, 5.41) is 4.25. The summed E-state index contributed by atoms with van der Waals surface area (Å²) >= 11 is 0. The van der Waals surface area contributed by atoms with Crippen LogP contribution in [0.4, 0.5) is 0 Å². The van der Waals surface area contributed by atoms with Crippen LogP contribution in [0.3, 0.4) is 0 Å². The van der Waals surface area contributed by atoms with Crippen LogP contribution in [0.15, 0.2) is 6.33 Å². The highest BCUT2D eigenvalue weighted by atomic mass is 16.8. The van der Waals surface area contributed by atoms with Crippen molar-refractivity contribution in [3.8, 4) is 0 Å². The highest BCUT2D eigenvalue weighted by Crippen LogP contribution is 2.70. The van der Waals surface area contributed by atoms with Gasteiger partial charge in [-0.25, -0.2) is 14.5 Å². The third-order valence-corrected chi connectivity index (χ3v) is 4.80. The van der Waals surface area contributed by atoms with Gasteiger partial charge in [0.05, 0.1) is 19.3 Å². The number of methoxy groups -OCH3 is 1. The van der Waals surface area contributed by atoms with E-state index in [2.05, 4.69) is 14.8 Å². The number of hydrogen-bond donors (Lipinski definition) is 0. The van der Waals surface area contributed by atoms with E-state index in [1.807, 2.05) is 13.8 Å². The molecule has 4 rings (SSSR count). The first-order chi connectivity index (χ1) is 10.4. The van der Waals surface area contributed by atoms with Crippen molar-refractivity contribution in [2.75, 3.05) is 7.11 Å². The Morgan fingerprint density at radius 3 is 3.10 bits per heavy atom. The molecule has 114 valence electrons. The van der Waals surface area contributed by atoms with Gasteiger partial charge in [0.1, 0.15) is 12.4 Å². The third-order valence-electron chi connectivity index (χ3n) is 4.80. The molecule has 5 atom stereocenters. The van der Waals surface area contributed by atoms with Crippen LogP contribution in [-0.4, -0.2) is 45.8 Å². The molecule has 0 aromatic carbocycles. The Labute approximate surface area is 124 Å². The molecule has 7 heteroatoms. The largest absolute Gasteiger partial charge is 0.463 e. The van der Waals surface area contributed by atoms with Gasteiger partial charge in [0, 0.05) is 6.79 Å². The Morgan fingerprint density at radius 1 is 1.57 bits per heavy atom. The summed E-state index contributed by atoms with van der Waals surface area (Å²) in [6.45, 7) is 4.09. The van der Waals surface area contributed by atoms with Crippen LogP contribution < -0.4 is 0 Å². The van der Waals surface area contributed by atoms with Crippen molar-refractivity contribution < 1.29 is 20.4 Å². The molecule has 0 bridgehead atoms. The van der Waals surface area contributed by atoms with Crippen molar-refractivity contribution in [2.45, 2.75) is 51.2 Å². The molecule has 1 aliphatic heterocycles. The maximum atomic E-state index is 11.5. The molecule has 2 aliphatic carbocycles. The number of fused-ring (bicyclic) bond motifs is 3. The predicted octanol–water partition coefficient (Wildman–Crippen LogP) is 1.17. The van der Waals surface area contributed by atoms with Crippen molar-refractivity contribution in [1.82, 2.24) is 14.8 Å². The second kappa shape index (κ2) is 3.84. The van der Waals surface area contributed by atoms with Crippen LogP contribution in [0.2, 0.25) is 0 Å². The third kappa shape index (κ3) is 1.70. The molecule has 3 fully saturated rings. The fraction of sp³-hybridized carbons (Fsp3) is 0.786. The van der Waals surface area contributed by atoms with Gasteiger partial charge in [-0.15, -0.1) is 5.10 Å². The van der Waals surface area contributed by atoms with E-state index in [1.54, 1.807) is 11.0 Å². The minimum atomic E-state index is -0.658. The van der Waals surface area contributed by atoms with Crippen LogP contribution in [0.25, 0.3) is 0 Å². The summed E-state index contributed by atoms with van der Waals surface area (Å²) in [4.78, 5) is 15.6. The summed E-state index contributed by atoms with van der Waals surface area (Å²) < 4.78 is 26.4. The molecule has 1 unspecified atom stereocenters. The SMILES string of the molecule is [3H]C[C@@]12C[C@@H]1[C@@H](n1cnc(C(=O)OC)n1)[C@H]1OC(C)(C)OC12. The zero-order valence-electron chi connectivity index (χ0n) is 13.3. The quantitative estimate of drug-likeness (QED) is 0.762. The molecule has 1 aromatic heterocycles. The van der Waals surface area contributed by atoms with Crippen LogP contribution in [-0.2, 0) is 14.2 Å². The van der Waals surface area contributed by atoms with Gasteiger partial charge in [0.25, 0.3) is 5.82 Å². The molecule has 2 heterocycles. The molecule has 0 N–H and O–H groups in total. The number of carbonyl (C=O) groups excluding carboxylic acids is 1. The van der Waals surface area contributed by atoms with Gasteiger partial charge < -0.3 is 14.2 Å². The molecule has 2 saturated carbocycles. The van der Waals surface area contributed by atoms with Gasteiger partial charge in [0.15, 0.2) is 5.79 Å². The lowest BCUT2D eigenvalue weighted by Crippen LogP contribution is -2.31. The Hall–Kier alpha value is -1.47. The molecule has 0 amide bonds. The molecule has 0 radical (unpaired) electrons. The minimum Gasteiger partial charge on any atom is -0.463 e. The number of nitrogens with zero attached hydrogens (tertiary/aromatic N) is 3. The van der Waals surface area contributed by atoms with E-state index in [4.69, 9.17) is 10.8 Å². The van der Waals surface area contributed by atoms with Gasteiger partial charge in [0.2, 0.25) is 0 Å². The van der Waals surface area contributed by atoms with E-state index in [-0.39, 0.29) is 35.4 Å². The number of carbonyl (C=O) groups is 1. The molecule has 7 nitrogen and oxygen atoms in total. The predicted molar refractivity (Wildman–Crippen MR) is 70.4 cm³/mol. The number of ether oxygens (including phenoxy) is 3. The second-order valence-corrected chi connectivity index (χ2v) is 6.59. The lowest BCUT2D eigenvalue weighted by molar-refractivity contribution is -0.160. The van der Waals surface area contributed by atoms with E-state index in [0.29, 0.717) is 6.90 Å². The van der Waals surface area contributed by atoms with Crippen LogP contribution in [0, 0.1) is 11.3 Å². The zero-order valence-corrected chi connectivity index (χ0v) is 12.3. The maximum absolute atomic E-state index is 11.5. The maximum Gasteiger partial charge on any atom is 0.377 e. The molecule has 21 heavy (non-hydrogen) atoms. The zero-order chi connectivity index (χ0) is 15.7. The molecular weight excluding hydrogens is 274 g/mol. The summed E-state index contributed by atoms with van der Waals surface area (Å²) in [5.74, 6) is -0.890. The first kappa shape index (κ1) is 12.1. The van der Waals surface area contributed by atoms with Gasteiger partial charge in [-0.1, -0.05) is 6.90 Å². The Kier molecular flexibility index (Phi) is 2.21. The average molecular weight is 295 g/mol.